The number of hydrogen-bond acceptors (Lipinski definition) is 4. The number of benzene rings is 2. The second-order valence-electron chi connectivity index (χ2n) is 7.08. The molecule has 30 heavy (non-hydrogen) atoms. The van der Waals surface area contributed by atoms with Crippen molar-refractivity contribution < 1.29 is 13.2 Å². The molecule has 0 aliphatic carbocycles. The Bertz CT molecular complexity index is 890. The number of sulfone groups is 1. The van der Waals surface area contributed by atoms with E-state index in [0.717, 1.165) is 23.4 Å². The van der Waals surface area contributed by atoms with E-state index in [9.17, 15) is 8.42 Å². The number of halogens is 1. The van der Waals surface area contributed by atoms with Crippen molar-refractivity contribution in [2.45, 2.75) is 39.5 Å². The minimum absolute atomic E-state index is 0. The molecule has 166 valence electrons. The third-order valence-electron chi connectivity index (χ3n) is 4.21. The van der Waals surface area contributed by atoms with Gasteiger partial charge in [-0.1, -0.05) is 42.5 Å². The lowest BCUT2D eigenvalue weighted by molar-refractivity contribution is 0.306. The molecule has 1 atom stereocenters. The van der Waals surface area contributed by atoms with Gasteiger partial charge in [-0.2, -0.15) is 0 Å². The first kappa shape index (κ1) is 26.2. The number of ether oxygens (including phenoxy) is 1. The average Bonchev–Trinajstić information content (AvgIpc) is 2.70. The first-order valence-electron chi connectivity index (χ1n) is 9.84. The van der Waals surface area contributed by atoms with Crippen LogP contribution in [0.15, 0.2) is 59.6 Å². The molecule has 0 heterocycles. The SMILES string of the molecule is CCNC(=NCc1cccc(COc2ccccc2)c1)NC(C)CCS(C)(=O)=O.I. The van der Waals surface area contributed by atoms with Gasteiger partial charge in [0.1, 0.15) is 22.2 Å². The van der Waals surface area contributed by atoms with Crippen LogP contribution in [-0.2, 0) is 23.0 Å². The molecule has 6 nitrogen and oxygen atoms in total. The maximum absolute atomic E-state index is 11.3. The van der Waals surface area contributed by atoms with E-state index in [4.69, 9.17) is 4.74 Å². The van der Waals surface area contributed by atoms with Crippen LogP contribution in [0.1, 0.15) is 31.4 Å². The monoisotopic (exact) mass is 545 g/mol. The Morgan fingerprint density at radius 1 is 1.10 bits per heavy atom. The van der Waals surface area contributed by atoms with Gasteiger partial charge >= 0.3 is 0 Å². The molecule has 0 saturated heterocycles. The van der Waals surface area contributed by atoms with E-state index in [0.29, 0.717) is 25.5 Å². The summed E-state index contributed by atoms with van der Waals surface area (Å²) in [6.07, 6.45) is 1.79. The molecule has 2 N–H and O–H groups in total. The molecule has 2 aromatic carbocycles. The summed E-state index contributed by atoms with van der Waals surface area (Å²) >= 11 is 0. The molecule has 0 amide bonds. The molecular formula is C22H32IN3O3S. The summed E-state index contributed by atoms with van der Waals surface area (Å²) in [6, 6.07) is 17.9. The minimum atomic E-state index is -2.97. The molecule has 0 bridgehead atoms. The van der Waals surface area contributed by atoms with Crippen LogP contribution in [0, 0.1) is 0 Å². The van der Waals surface area contributed by atoms with E-state index in [2.05, 4.69) is 21.7 Å². The summed E-state index contributed by atoms with van der Waals surface area (Å²) in [5.74, 6) is 1.68. The smallest absolute Gasteiger partial charge is 0.191 e. The zero-order valence-corrected chi connectivity index (χ0v) is 20.9. The van der Waals surface area contributed by atoms with Gasteiger partial charge < -0.3 is 15.4 Å². The number of nitrogens with zero attached hydrogens (tertiary/aromatic N) is 1. The van der Waals surface area contributed by atoms with Crippen molar-refractivity contribution in [1.82, 2.24) is 10.6 Å². The van der Waals surface area contributed by atoms with Gasteiger partial charge in [0.2, 0.25) is 0 Å². The molecule has 0 aliphatic heterocycles. The first-order chi connectivity index (χ1) is 13.9. The van der Waals surface area contributed by atoms with Gasteiger partial charge in [-0.25, -0.2) is 13.4 Å². The molecule has 2 aromatic rings. The van der Waals surface area contributed by atoms with Crippen molar-refractivity contribution >= 4 is 39.8 Å². The summed E-state index contributed by atoms with van der Waals surface area (Å²) in [6.45, 7) is 5.71. The largest absolute Gasteiger partial charge is 0.489 e. The predicted molar refractivity (Wildman–Crippen MR) is 134 cm³/mol. The van der Waals surface area contributed by atoms with Crippen molar-refractivity contribution in [3.05, 3.63) is 65.7 Å². The Morgan fingerprint density at radius 3 is 2.47 bits per heavy atom. The Hall–Kier alpha value is -1.81. The number of nitrogens with one attached hydrogen (secondary N) is 2. The first-order valence-corrected chi connectivity index (χ1v) is 11.9. The fraction of sp³-hybridized carbons (Fsp3) is 0.409. The number of para-hydroxylation sites is 1. The molecule has 0 spiro atoms. The van der Waals surface area contributed by atoms with Crippen LogP contribution >= 0.6 is 24.0 Å². The van der Waals surface area contributed by atoms with Crippen LogP contribution in [0.3, 0.4) is 0 Å². The molecule has 2 rings (SSSR count). The zero-order valence-electron chi connectivity index (χ0n) is 17.8. The highest BCUT2D eigenvalue weighted by atomic mass is 127. The van der Waals surface area contributed by atoms with Gasteiger partial charge in [-0.3, -0.25) is 0 Å². The Morgan fingerprint density at radius 2 is 1.80 bits per heavy atom. The zero-order chi connectivity index (χ0) is 21.1. The van der Waals surface area contributed by atoms with Crippen molar-refractivity contribution in [2.75, 3.05) is 18.6 Å². The van der Waals surface area contributed by atoms with Crippen LogP contribution in [0.2, 0.25) is 0 Å². The van der Waals surface area contributed by atoms with E-state index < -0.39 is 9.84 Å². The second-order valence-corrected chi connectivity index (χ2v) is 9.34. The number of hydrogen-bond donors (Lipinski definition) is 2. The molecule has 1 unspecified atom stereocenters. The van der Waals surface area contributed by atoms with Gasteiger partial charge in [0.25, 0.3) is 0 Å². The van der Waals surface area contributed by atoms with Crippen molar-refractivity contribution in [3.63, 3.8) is 0 Å². The second kappa shape index (κ2) is 13.5. The fourth-order valence-corrected chi connectivity index (χ4v) is 3.47. The lowest BCUT2D eigenvalue weighted by Gasteiger charge is -2.17. The fourth-order valence-electron chi connectivity index (χ4n) is 2.69. The molecule has 0 aromatic heterocycles. The third kappa shape index (κ3) is 10.8. The lowest BCUT2D eigenvalue weighted by Crippen LogP contribution is -2.42. The predicted octanol–water partition coefficient (Wildman–Crippen LogP) is 3.76. The lowest BCUT2D eigenvalue weighted by atomic mass is 10.1. The maximum atomic E-state index is 11.3. The molecule has 0 radical (unpaired) electrons. The highest BCUT2D eigenvalue weighted by Crippen LogP contribution is 2.13. The summed E-state index contributed by atoms with van der Waals surface area (Å²) in [7, 11) is -2.97. The van der Waals surface area contributed by atoms with E-state index >= 15 is 0 Å². The van der Waals surface area contributed by atoms with Gasteiger partial charge in [0, 0.05) is 18.8 Å². The van der Waals surface area contributed by atoms with Crippen LogP contribution < -0.4 is 15.4 Å². The van der Waals surface area contributed by atoms with Gasteiger partial charge in [-0.05, 0) is 43.5 Å². The summed E-state index contributed by atoms with van der Waals surface area (Å²) in [4.78, 5) is 4.63. The van der Waals surface area contributed by atoms with Crippen LogP contribution in [-0.4, -0.2) is 39.0 Å². The molecule has 0 aliphatic rings. The Kier molecular flexibility index (Phi) is 11.8. The normalized spacial score (nSPS) is 12.6. The topological polar surface area (TPSA) is 79.8 Å². The highest BCUT2D eigenvalue weighted by molar-refractivity contribution is 14.0. The summed E-state index contributed by atoms with van der Waals surface area (Å²) in [5.41, 5.74) is 2.17. The molecule has 8 heteroatoms. The van der Waals surface area contributed by atoms with Crippen molar-refractivity contribution in [2.24, 2.45) is 4.99 Å². The Balaban J connectivity index is 0.00000450. The number of guanidine groups is 1. The third-order valence-corrected chi connectivity index (χ3v) is 5.19. The summed E-state index contributed by atoms with van der Waals surface area (Å²) < 4.78 is 28.5. The highest BCUT2D eigenvalue weighted by Gasteiger charge is 2.09. The number of rotatable bonds is 10. The maximum Gasteiger partial charge on any atom is 0.191 e. The van der Waals surface area contributed by atoms with Gasteiger partial charge in [0.15, 0.2) is 5.96 Å². The van der Waals surface area contributed by atoms with Crippen LogP contribution in [0.4, 0.5) is 0 Å². The van der Waals surface area contributed by atoms with Crippen molar-refractivity contribution in [1.29, 1.82) is 0 Å². The molecular weight excluding hydrogens is 513 g/mol. The van der Waals surface area contributed by atoms with Crippen LogP contribution in [0.5, 0.6) is 5.75 Å². The molecule has 0 fully saturated rings. The van der Waals surface area contributed by atoms with E-state index in [1.807, 2.05) is 62.4 Å². The van der Waals surface area contributed by atoms with E-state index in [-0.39, 0.29) is 35.8 Å². The Labute approximate surface area is 197 Å². The molecule has 0 saturated carbocycles. The van der Waals surface area contributed by atoms with Gasteiger partial charge in [0.05, 0.1) is 12.3 Å². The summed E-state index contributed by atoms with van der Waals surface area (Å²) in [5, 5.41) is 6.48. The van der Waals surface area contributed by atoms with Gasteiger partial charge in [-0.15, -0.1) is 24.0 Å². The van der Waals surface area contributed by atoms with Crippen LogP contribution in [0.25, 0.3) is 0 Å². The van der Waals surface area contributed by atoms with Crippen molar-refractivity contribution in [3.8, 4) is 5.75 Å². The minimum Gasteiger partial charge on any atom is -0.489 e. The van der Waals surface area contributed by atoms with E-state index in [1.54, 1.807) is 0 Å². The quantitative estimate of drug-likeness (QED) is 0.270. The van der Waals surface area contributed by atoms with E-state index in [1.165, 1.54) is 6.26 Å². The number of aliphatic imine (C=N–C) groups is 1. The average molecular weight is 545 g/mol. The standard InChI is InChI=1S/C22H31N3O3S.HI/c1-4-23-22(25-18(2)13-14-29(3,26)27)24-16-19-9-8-10-20(15-19)17-28-21-11-6-5-7-12-21;/h5-12,15,18H,4,13-14,16-17H2,1-3H3,(H2,23,24,25);1H.